The van der Waals surface area contributed by atoms with Crippen molar-refractivity contribution in [2.45, 2.75) is 65.4 Å². The monoisotopic (exact) mass is 368 g/mol. The molecular formula is C23H33F3. The zero-order valence-corrected chi connectivity index (χ0v) is 15.9. The van der Waals surface area contributed by atoms with E-state index in [1.807, 2.05) is 0 Å². The average molecular weight is 369 g/mol. The lowest BCUT2D eigenvalue weighted by Gasteiger charge is -2.34. The molecule has 1 unspecified atom stereocenters. The second-order valence-corrected chi connectivity index (χ2v) is 7.54. The van der Waals surface area contributed by atoms with Gasteiger partial charge in [-0.05, 0) is 92.9 Å². The first kappa shape index (κ1) is 19.3. The van der Waals surface area contributed by atoms with Crippen LogP contribution in [0.2, 0.25) is 0 Å². The number of allylic oxidation sites excluding steroid dienone is 4. The van der Waals surface area contributed by atoms with Gasteiger partial charge in [0.15, 0.2) is 0 Å². The second kappa shape index (κ2) is 8.92. The van der Waals surface area contributed by atoms with Crippen molar-refractivity contribution in [3.05, 3.63) is 53.6 Å². The predicted octanol–water partition coefficient (Wildman–Crippen LogP) is 8.15. The fourth-order valence-electron chi connectivity index (χ4n) is 4.50. The van der Waals surface area contributed by atoms with Crippen LogP contribution in [0.4, 0.5) is 13.2 Å². The van der Waals surface area contributed by atoms with Gasteiger partial charge in [0, 0.05) is 2.80 Å². The van der Waals surface area contributed by atoms with E-state index in [4.69, 9.17) is 1.37 Å². The molecule has 3 rings (SSSR count). The van der Waals surface area contributed by atoms with E-state index in [1.165, 1.54) is 57.2 Å². The van der Waals surface area contributed by atoms with Crippen molar-refractivity contribution in [1.29, 1.82) is 0 Å². The fourth-order valence-corrected chi connectivity index (χ4v) is 4.50. The number of hydrogen-bond donors (Lipinski definition) is 0. The molecule has 0 heterocycles. The molecule has 26 heavy (non-hydrogen) atoms. The van der Waals surface area contributed by atoms with Crippen molar-refractivity contribution in [2.24, 2.45) is 17.8 Å². The minimum atomic E-state index is -4.25. The smallest absolute Gasteiger partial charge is 0.166 e. The highest BCUT2D eigenvalue weighted by atomic mass is 19.4. The van der Waals surface area contributed by atoms with E-state index in [-0.39, 0.29) is 1.43 Å². The maximum absolute atomic E-state index is 12.7. The van der Waals surface area contributed by atoms with Crippen molar-refractivity contribution < 1.29 is 16.0 Å². The van der Waals surface area contributed by atoms with Gasteiger partial charge in [-0.25, -0.2) is 0 Å². The fraction of sp³-hybridized carbons (Fsp3) is 0.565. The van der Waals surface area contributed by atoms with Crippen LogP contribution in [-0.4, -0.2) is 0 Å². The summed E-state index contributed by atoms with van der Waals surface area (Å²) in [6, 6.07) is 5.64. The van der Waals surface area contributed by atoms with Crippen LogP contribution in [0.5, 0.6) is 0 Å². The summed E-state index contributed by atoms with van der Waals surface area (Å²) in [6.07, 6.45) is 11.0. The quantitative estimate of drug-likeness (QED) is 0.472. The molecular weight excluding hydrogens is 333 g/mol. The van der Waals surface area contributed by atoms with E-state index in [9.17, 15) is 13.2 Å². The van der Waals surface area contributed by atoms with Crippen LogP contribution in [0.15, 0.2) is 42.5 Å². The normalized spacial score (nSPS) is 27.3. The molecule has 0 radical (unpaired) electrons. The van der Waals surface area contributed by atoms with Gasteiger partial charge < -0.3 is 0 Å². The van der Waals surface area contributed by atoms with Crippen LogP contribution in [0.25, 0.3) is 5.57 Å². The predicted molar refractivity (Wildman–Crippen MR) is 106 cm³/mol. The summed E-state index contributed by atoms with van der Waals surface area (Å²) in [5.41, 5.74) is 1.60. The maximum Gasteiger partial charge on any atom is 0.416 e. The van der Waals surface area contributed by atoms with Crippen LogP contribution < -0.4 is 0 Å². The highest BCUT2D eigenvalue weighted by molar-refractivity contribution is 5.66. The van der Waals surface area contributed by atoms with Gasteiger partial charge in [0.25, 0.3) is 0 Å². The molecule has 3 heteroatoms. The Bertz CT molecular complexity index is 624. The highest BCUT2D eigenvalue weighted by Crippen LogP contribution is 2.41. The minimum absolute atomic E-state index is 0. The third-order valence-corrected chi connectivity index (χ3v) is 5.98. The van der Waals surface area contributed by atoms with Crippen LogP contribution in [0.1, 0.15) is 73.2 Å². The average Bonchev–Trinajstić information content (AvgIpc) is 2.70. The second-order valence-electron chi connectivity index (χ2n) is 7.54. The summed E-state index contributed by atoms with van der Waals surface area (Å²) in [5.74, 6) is 2.35. The number of rotatable bonds is 3. The van der Waals surface area contributed by atoms with Crippen molar-refractivity contribution in [2.75, 3.05) is 0 Å². The third-order valence-electron chi connectivity index (χ3n) is 5.98. The van der Waals surface area contributed by atoms with Gasteiger partial charge in [-0.2, -0.15) is 13.2 Å². The Balaban J connectivity index is 0.00000127. The van der Waals surface area contributed by atoms with Gasteiger partial charge in [-0.1, -0.05) is 37.8 Å². The molecule has 0 nitrogen and oxygen atoms in total. The van der Waals surface area contributed by atoms with E-state index in [0.717, 1.165) is 36.2 Å². The van der Waals surface area contributed by atoms with Crippen molar-refractivity contribution in [3.8, 4) is 0 Å². The summed E-state index contributed by atoms with van der Waals surface area (Å²) in [4.78, 5) is 0. The van der Waals surface area contributed by atoms with Crippen molar-refractivity contribution in [1.82, 2.24) is 0 Å². The minimum Gasteiger partial charge on any atom is -0.166 e. The van der Waals surface area contributed by atoms with E-state index >= 15 is 0 Å². The maximum atomic E-state index is 12.7. The highest BCUT2D eigenvalue weighted by Gasteiger charge is 2.31. The molecule has 0 bridgehead atoms. The third kappa shape index (κ3) is 5.02. The summed E-state index contributed by atoms with van der Waals surface area (Å²) >= 11 is 0. The lowest BCUT2D eigenvalue weighted by molar-refractivity contribution is -0.137. The number of alkyl halides is 3. The molecule has 146 valence electrons. The van der Waals surface area contributed by atoms with Gasteiger partial charge in [0.2, 0.25) is 0 Å². The van der Waals surface area contributed by atoms with Crippen LogP contribution >= 0.6 is 0 Å². The molecule has 0 aliphatic heterocycles. The Kier molecular flexibility index (Phi) is 6.61. The zero-order chi connectivity index (χ0) is 19.9. The molecule has 1 aromatic carbocycles. The molecule has 1 saturated carbocycles. The molecule has 2 aliphatic carbocycles. The first-order valence-corrected chi connectivity index (χ1v) is 9.47. The molecule has 1 fully saturated rings. The Hall–Kier alpha value is -1.51. The number of hydrogen-bond acceptors (Lipinski definition) is 0. The first-order chi connectivity index (χ1) is 13.0. The van der Waals surface area contributed by atoms with Crippen LogP contribution in [-0.2, 0) is 6.18 Å². The largest absolute Gasteiger partial charge is 0.416 e. The number of benzene rings is 1. The summed E-state index contributed by atoms with van der Waals surface area (Å²) in [7, 11) is 1.25. The Morgan fingerprint density at radius 1 is 1.04 bits per heavy atom. The van der Waals surface area contributed by atoms with E-state index < -0.39 is 11.7 Å². The van der Waals surface area contributed by atoms with E-state index in [1.54, 1.807) is 12.1 Å². The van der Waals surface area contributed by atoms with Gasteiger partial charge in [-0.15, -0.1) is 0 Å². The van der Waals surface area contributed by atoms with E-state index in [2.05, 4.69) is 25.2 Å². The van der Waals surface area contributed by atoms with Crippen molar-refractivity contribution in [3.63, 3.8) is 0 Å². The van der Waals surface area contributed by atoms with Gasteiger partial charge >= 0.3 is 6.18 Å². The standard InChI is InChI=1S/C22H27F3.CH4.H2/c1-2-3-16-4-6-17(7-5-16)18-8-10-19(11-9-18)20-12-14-21(15-13-20)22(23,24)25;;/h2-3,10,12-18H,4-9,11H2,1H3;1H4;1H/b3-2+;;/i;1T;. The summed E-state index contributed by atoms with van der Waals surface area (Å²) in [5, 5.41) is 0. The van der Waals surface area contributed by atoms with Gasteiger partial charge in [0.1, 0.15) is 0 Å². The number of halogens is 3. The van der Waals surface area contributed by atoms with Gasteiger partial charge in [-0.3, -0.25) is 0 Å². The SMILES string of the molecule is C/C=C/C1CCC(C2CC=C(c3ccc(C(F)(F)F)cc3)CC2)CC1.[3H]C.[HH]. The molecule has 0 N–H and O–H groups in total. The molecule has 2 aliphatic rings. The Labute approximate surface area is 159 Å². The van der Waals surface area contributed by atoms with Crippen LogP contribution in [0, 0.1) is 17.8 Å². The van der Waals surface area contributed by atoms with E-state index in [0.29, 0.717) is 0 Å². The first-order valence-electron chi connectivity index (χ1n) is 10.5. The lowest BCUT2D eigenvalue weighted by atomic mass is 9.71. The Morgan fingerprint density at radius 3 is 2.19 bits per heavy atom. The summed E-state index contributed by atoms with van der Waals surface area (Å²) in [6.45, 7) is 2.10. The molecule has 0 spiro atoms. The van der Waals surface area contributed by atoms with Crippen LogP contribution in [0.3, 0.4) is 0 Å². The summed E-state index contributed by atoms with van der Waals surface area (Å²) < 4.78 is 43.8. The van der Waals surface area contributed by atoms with Gasteiger partial charge in [0.05, 0.1) is 5.56 Å². The lowest BCUT2D eigenvalue weighted by Crippen LogP contribution is -2.22. The Morgan fingerprint density at radius 2 is 1.69 bits per heavy atom. The topological polar surface area (TPSA) is 0 Å². The molecule has 1 atom stereocenters. The molecule has 0 amide bonds. The molecule has 0 aromatic heterocycles. The molecule has 1 aromatic rings. The molecule has 0 saturated heterocycles. The van der Waals surface area contributed by atoms with Crippen molar-refractivity contribution >= 4 is 5.57 Å². The zero-order valence-electron chi connectivity index (χ0n) is 16.9.